The highest BCUT2D eigenvalue weighted by atomic mass is 35.5. The summed E-state index contributed by atoms with van der Waals surface area (Å²) >= 11 is 5.83. The van der Waals surface area contributed by atoms with E-state index in [2.05, 4.69) is 0 Å². The van der Waals surface area contributed by atoms with Crippen LogP contribution in [0.25, 0.3) is 0 Å². The van der Waals surface area contributed by atoms with Crippen LogP contribution in [0.3, 0.4) is 0 Å². The minimum atomic E-state index is -3.72. The molecule has 0 saturated carbocycles. The standard InChI is InChI=1S/C11H17ClN2O3S/c1-7(6-15)14(3)18(16,17)11-5-9(12)4-10(13)8(11)2/h4-5,7,15H,6,13H2,1-3H3. The second-order valence-corrected chi connectivity index (χ2v) is 6.57. The van der Waals surface area contributed by atoms with Crippen molar-refractivity contribution in [2.75, 3.05) is 19.4 Å². The molecule has 0 radical (unpaired) electrons. The third-order valence-corrected chi connectivity index (χ3v) is 5.22. The van der Waals surface area contributed by atoms with Gasteiger partial charge in [-0.3, -0.25) is 0 Å². The Morgan fingerprint density at radius 1 is 1.50 bits per heavy atom. The Morgan fingerprint density at radius 3 is 2.56 bits per heavy atom. The number of hydrogen-bond donors (Lipinski definition) is 2. The molecule has 18 heavy (non-hydrogen) atoms. The number of benzene rings is 1. The molecule has 1 unspecified atom stereocenters. The molecule has 0 saturated heterocycles. The van der Waals surface area contributed by atoms with Crippen LogP contribution < -0.4 is 5.73 Å². The van der Waals surface area contributed by atoms with Gasteiger partial charge in [-0.15, -0.1) is 0 Å². The van der Waals surface area contributed by atoms with Crippen molar-refractivity contribution in [3.63, 3.8) is 0 Å². The molecule has 0 bridgehead atoms. The van der Waals surface area contributed by atoms with Crippen LogP contribution >= 0.6 is 11.6 Å². The number of aliphatic hydroxyl groups is 1. The molecule has 0 aliphatic carbocycles. The molecule has 0 fully saturated rings. The van der Waals surface area contributed by atoms with E-state index >= 15 is 0 Å². The number of nitrogens with two attached hydrogens (primary N) is 1. The fourth-order valence-corrected chi connectivity index (χ4v) is 3.37. The first-order valence-corrected chi connectivity index (χ1v) is 7.18. The number of anilines is 1. The van der Waals surface area contributed by atoms with Crippen LogP contribution in [0.4, 0.5) is 5.69 Å². The van der Waals surface area contributed by atoms with Crippen LogP contribution in [0.15, 0.2) is 17.0 Å². The summed E-state index contributed by atoms with van der Waals surface area (Å²) in [5, 5.41) is 9.30. The quantitative estimate of drug-likeness (QED) is 0.818. The number of halogens is 1. The van der Waals surface area contributed by atoms with Crippen LogP contribution in [0.1, 0.15) is 12.5 Å². The topological polar surface area (TPSA) is 83.6 Å². The molecule has 0 spiro atoms. The summed E-state index contributed by atoms with van der Waals surface area (Å²) in [4.78, 5) is 0.0651. The van der Waals surface area contributed by atoms with Gasteiger partial charge in [-0.1, -0.05) is 11.6 Å². The molecule has 0 aliphatic rings. The molecule has 102 valence electrons. The molecule has 1 rings (SSSR count). The smallest absolute Gasteiger partial charge is 0.243 e. The predicted octanol–water partition coefficient (Wildman–Crippen LogP) is 1.23. The average molecular weight is 293 g/mol. The zero-order chi connectivity index (χ0) is 14.1. The third kappa shape index (κ3) is 2.77. The van der Waals surface area contributed by atoms with Crippen molar-refractivity contribution < 1.29 is 13.5 Å². The van der Waals surface area contributed by atoms with E-state index in [4.69, 9.17) is 22.4 Å². The lowest BCUT2D eigenvalue weighted by Crippen LogP contribution is -2.37. The average Bonchev–Trinajstić information content (AvgIpc) is 2.31. The molecular formula is C11H17ClN2O3S. The van der Waals surface area contributed by atoms with Crippen molar-refractivity contribution in [3.8, 4) is 0 Å². The highest BCUT2D eigenvalue weighted by Crippen LogP contribution is 2.28. The molecule has 5 nitrogen and oxygen atoms in total. The number of nitrogen functional groups attached to an aromatic ring is 1. The number of nitrogens with zero attached hydrogens (tertiary/aromatic N) is 1. The molecule has 3 N–H and O–H groups in total. The van der Waals surface area contributed by atoms with E-state index in [1.165, 1.54) is 19.2 Å². The summed E-state index contributed by atoms with van der Waals surface area (Å²) in [5.41, 5.74) is 6.49. The summed E-state index contributed by atoms with van der Waals surface area (Å²) < 4.78 is 25.8. The van der Waals surface area contributed by atoms with E-state index in [1.54, 1.807) is 13.8 Å². The van der Waals surface area contributed by atoms with Crippen LogP contribution in [0.5, 0.6) is 0 Å². The normalized spacial score (nSPS) is 13.9. The summed E-state index contributed by atoms with van der Waals surface area (Å²) in [6.45, 7) is 2.97. The number of rotatable bonds is 4. The van der Waals surface area contributed by atoms with E-state index in [1.807, 2.05) is 0 Å². The fraction of sp³-hybridized carbons (Fsp3) is 0.455. The zero-order valence-corrected chi connectivity index (χ0v) is 12.1. The number of likely N-dealkylation sites (N-methyl/N-ethyl adjacent to an activating group) is 1. The van der Waals surface area contributed by atoms with Gasteiger partial charge >= 0.3 is 0 Å². The van der Waals surface area contributed by atoms with Gasteiger partial charge in [-0.05, 0) is 31.5 Å². The minimum Gasteiger partial charge on any atom is -0.398 e. The first-order valence-electron chi connectivity index (χ1n) is 5.36. The summed E-state index contributed by atoms with van der Waals surface area (Å²) in [6, 6.07) is 2.35. The van der Waals surface area contributed by atoms with E-state index in [9.17, 15) is 8.42 Å². The lowest BCUT2D eigenvalue weighted by molar-refractivity contribution is 0.214. The highest BCUT2D eigenvalue weighted by Gasteiger charge is 2.27. The van der Waals surface area contributed by atoms with Gasteiger partial charge in [0.1, 0.15) is 0 Å². The van der Waals surface area contributed by atoms with Crippen LogP contribution in [-0.2, 0) is 10.0 Å². The van der Waals surface area contributed by atoms with Crippen LogP contribution in [0, 0.1) is 6.92 Å². The Kier molecular flexibility index (Phi) is 4.61. The second kappa shape index (κ2) is 5.44. The lowest BCUT2D eigenvalue weighted by Gasteiger charge is -2.24. The first kappa shape index (κ1) is 15.2. The van der Waals surface area contributed by atoms with Gasteiger partial charge in [-0.25, -0.2) is 8.42 Å². The van der Waals surface area contributed by atoms with Gasteiger partial charge in [0.15, 0.2) is 0 Å². The van der Waals surface area contributed by atoms with Crippen molar-refractivity contribution in [3.05, 3.63) is 22.7 Å². The summed E-state index contributed by atoms with van der Waals surface area (Å²) in [5.74, 6) is 0. The molecule has 1 aromatic carbocycles. The Hall–Kier alpha value is -0.820. The van der Waals surface area contributed by atoms with Gasteiger partial charge < -0.3 is 10.8 Å². The minimum absolute atomic E-state index is 0.0651. The maximum Gasteiger partial charge on any atom is 0.243 e. The molecular weight excluding hydrogens is 276 g/mol. The molecule has 0 aromatic heterocycles. The van der Waals surface area contributed by atoms with Crippen molar-refractivity contribution in [2.24, 2.45) is 0 Å². The number of hydrogen-bond acceptors (Lipinski definition) is 4. The largest absolute Gasteiger partial charge is 0.398 e. The Bertz CT molecular complexity index is 545. The number of aliphatic hydroxyl groups excluding tert-OH is 1. The predicted molar refractivity (Wildman–Crippen MR) is 72.1 cm³/mol. The van der Waals surface area contributed by atoms with Crippen molar-refractivity contribution in [1.29, 1.82) is 0 Å². The van der Waals surface area contributed by atoms with Gasteiger partial charge in [0.05, 0.1) is 11.5 Å². The molecule has 0 amide bonds. The van der Waals surface area contributed by atoms with Crippen LogP contribution in [0.2, 0.25) is 5.02 Å². The van der Waals surface area contributed by atoms with E-state index in [0.717, 1.165) is 4.31 Å². The Morgan fingerprint density at radius 2 is 2.06 bits per heavy atom. The molecule has 0 aliphatic heterocycles. The van der Waals surface area contributed by atoms with E-state index in [0.29, 0.717) is 11.3 Å². The maximum atomic E-state index is 12.4. The zero-order valence-electron chi connectivity index (χ0n) is 10.5. The van der Waals surface area contributed by atoms with Gasteiger partial charge in [-0.2, -0.15) is 4.31 Å². The Balaban J connectivity index is 3.37. The third-order valence-electron chi connectivity index (χ3n) is 2.91. The summed E-state index contributed by atoms with van der Waals surface area (Å²) in [7, 11) is -2.31. The monoisotopic (exact) mass is 292 g/mol. The molecule has 1 aromatic rings. The second-order valence-electron chi connectivity index (χ2n) is 4.17. The van der Waals surface area contributed by atoms with E-state index in [-0.39, 0.29) is 16.5 Å². The Labute approximate surface area is 112 Å². The van der Waals surface area contributed by atoms with Crippen molar-refractivity contribution in [1.82, 2.24) is 4.31 Å². The van der Waals surface area contributed by atoms with Crippen LogP contribution in [-0.4, -0.2) is 37.5 Å². The van der Waals surface area contributed by atoms with Gasteiger partial charge in [0.25, 0.3) is 0 Å². The molecule has 1 atom stereocenters. The van der Waals surface area contributed by atoms with Gasteiger partial charge in [0, 0.05) is 23.8 Å². The van der Waals surface area contributed by atoms with Gasteiger partial charge in [0.2, 0.25) is 10.0 Å². The van der Waals surface area contributed by atoms with Crippen molar-refractivity contribution in [2.45, 2.75) is 24.8 Å². The maximum absolute atomic E-state index is 12.4. The molecule has 7 heteroatoms. The van der Waals surface area contributed by atoms with E-state index < -0.39 is 16.1 Å². The highest BCUT2D eigenvalue weighted by molar-refractivity contribution is 7.89. The molecule has 0 heterocycles. The fourth-order valence-electron chi connectivity index (χ4n) is 1.45. The summed E-state index contributed by atoms with van der Waals surface area (Å²) in [6.07, 6.45) is 0. The lowest BCUT2D eigenvalue weighted by atomic mass is 10.2. The van der Waals surface area contributed by atoms with Crippen molar-refractivity contribution >= 4 is 27.3 Å². The number of sulfonamides is 1. The first-order chi connectivity index (χ1) is 8.21. The SMILES string of the molecule is Cc1c(N)cc(Cl)cc1S(=O)(=O)N(C)C(C)CO.